The number of rotatable bonds is 15. The van der Waals surface area contributed by atoms with Gasteiger partial charge in [-0.15, -0.1) is 0 Å². The molecule has 1 aromatic carbocycles. The van der Waals surface area contributed by atoms with E-state index in [2.05, 4.69) is 52.0 Å². The van der Waals surface area contributed by atoms with Gasteiger partial charge in [0.1, 0.15) is 0 Å². The Morgan fingerprint density at radius 3 is 2.00 bits per heavy atom. The molecule has 1 aliphatic heterocycles. The zero-order valence-corrected chi connectivity index (χ0v) is 22.9. The molecule has 4 heteroatoms. The molecule has 1 aliphatic rings. The molecule has 172 valence electrons. The Morgan fingerprint density at radius 1 is 0.933 bits per heavy atom. The maximum absolute atomic E-state index is 6.22. The third-order valence-corrected chi connectivity index (χ3v) is 22.2. The van der Waals surface area contributed by atoms with E-state index >= 15 is 0 Å². The van der Waals surface area contributed by atoms with Crippen molar-refractivity contribution in [3.8, 4) is 5.75 Å². The predicted octanol–water partition coefficient (Wildman–Crippen LogP) is 7.05. The van der Waals surface area contributed by atoms with Crippen molar-refractivity contribution in [2.24, 2.45) is 0 Å². The van der Waals surface area contributed by atoms with Crippen molar-refractivity contribution in [1.82, 2.24) is 0 Å². The molecule has 0 amide bonds. The summed E-state index contributed by atoms with van der Waals surface area (Å²) in [5.41, 5.74) is 0. The normalized spacial score (nSPS) is 18.3. The van der Waals surface area contributed by atoms with Crippen molar-refractivity contribution < 1.29 is 14.2 Å². The van der Waals surface area contributed by atoms with Crippen LogP contribution < -0.4 is 8.32 Å². The summed E-state index contributed by atoms with van der Waals surface area (Å²) in [4.78, 5) is 0. The molecular formula is C26H46O3Sn. The average Bonchev–Trinajstić information content (AvgIpc) is 2.79. The summed E-state index contributed by atoms with van der Waals surface area (Å²) in [6, 6.07) is 9.27. The van der Waals surface area contributed by atoms with E-state index in [0.29, 0.717) is 6.61 Å². The van der Waals surface area contributed by atoms with Gasteiger partial charge in [0.2, 0.25) is 0 Å². The van der Waals surface area contributed by atoms with E-state index < -0.39 is 18.4 Å². The van der Waals surface area contributed by atoms with Crippen LogP contribution in [0.1, 0.15) is 85.5 Å². The third-order valence-electron chi connectivity index (χ3n) is 6.56. The van der Waals surface area contributed by atoms with Crippen LogP contribution in [0.25, 0.3) is 0 Å². The quantitative estimate of drug-likeness (QED) is 0.181. The molecule has 0 aliphatic carbocycles. The zero-order valence-electron chi connectivity index (χ0n) is 20.1. The summed E-state index contributed by atoms with van der Waals surface area (Å²) >= 11 is -2.35. The molecule has 1 saturated heterocycles. The van der Waals surface area contributed by atoms with Crippen LogP contribution >= 0.6 is 0 Å². The van der Waals surface area contributed by atoms with Gasteiger partial charge in [-0.1, -0.05) is 0 Å². The number of ether oxygens (including phenoxy) is 3. The molecular weight excluding hydrogens is 479 g/mol. The first-order valence-corrected chi connectivity index (χ1v) is 20.2. The van der Waals surface area contributed by atoms with Crippen molar-refractivity contribution in [1.29, 1.82) is 0 Å². The molecule has 0 N–H and O–H groups in total. The second-order valence-corrected chi connectivity index (χ2v) is 22.3. The summed E-state index contributed by atoms with van der Waals surface area (Å²) < 4.78 is 24.2. The van der Waals surface area contributed by atoms with Gasteiger partial charge in [0.05, 0.1) is 0 Å². The molecule has 0 aromatic heterocycles. The predicted molar refractivity (Wildman–Crippen MR) is 131 cm³/mol. The Bertz CT molecular complexity index is 532. The molecule has 2 rings (SSSR count). The fourth-order valence-electron chi connectivity index (χ4n) is 4.63. The van der Waals surface area contributed by atoms with Crippen molar-refractivity contribution in [2.75, 3.05) is 13.2 Å². The first-order valence-electron chi connectivity index (χ1n) is 12.7. The molecule has 0 spiro atoms. The van der Waals surface area contributed by atoms with E-state index in [1.54, 1.807) is 3.58 Å². The SMILES string of the molecule is CCC[CH2][Sn]([CH2]CCC)([CH2]CCC)[c]1ccc(OC(CC)OC2CCCOC2)cc1. The summed E-state index contributed by atoms with van der Waals surface area (Å²) in [6.07, 6.45) is 11.1. The minimum absolute atomic E-state index is 0.170. The van der Waals surface area contributed by atoms with Crippen LogP contribution in [0.4, 0.5) is 0 Å². The maximum atomic E-state index is 6.22. The minimum atomic E-state index is -2.35. The fraction of sp³-hybridized carbons (Fsp3) is 0.769. The Morgan fingerprint density at radius 2 is 1.53 bits per heavy atom. The van der Waals surface area contributed by atoms with Crippen molar-refractivity contribution in [3.63, 3.8) is 0 Å². The first-order chi connectivity index (χ1) is 14.7. The first kappa shape index (κ1) is 26.0. The number of hydrogen-bond acceptors (Lipinski definition) is 3. The van der Waals surface area contributed by atoms with Crippen LogP contribution in [0, 0.1) is 0 Å². The van der Waals surface area contributed by atoms with Gasteiger partial charge < -0.3 is 0 Å². The van der Waals surface area contributed by atoms with Crippen molar-refractivity contribution in [2.45, 2.75) is 111 Å². The van der Waals surface area contributed by atoms with Crippen LogP contribution in [0.2, 0.25) is 13.3 Å². The molecule has 30 heavy (non-hydrogen) atoms. The van der Waals surface area contributed by atoms with Gasteiger partial charge in [-0.05, 0) is 0 Å². The van der Waals surface area contributed by atoms with Gasteiger partial charge in [0.15, 0.2) is 0 Å². The van der Waals surface area contributed by atoms with Gasteiger partial charge in [-0.25, -0.2) is 0 Å². The number of unbranched alkanes of at least 4 members (excludes halogenated alkanes) is 3. The monoisotopic (exact) mass is 526 g/mol. The van der Waals surface area contributed by atoms with Gasteiger partial charge in [0.25, 0.3) is 0 Å². The molecule has 0 radical (unpaired) electrons. The van der Waals surface area contributed by atoms with Crippen LogP contribution in [-0.2, 0) is 9.47 Å². The topological polar surface area (TPSA) is 27.7 Å². The molecule has 3 nitrogen and oxygen atoms in total. The number of benzene rings is 1. The summed E-state index contributed by atoms with van der Waals surface area (Å²) in [5.74, 6) is 0.948. The van der Waals surface area contributed by atoms with Gasteiger partial charge in [-0.3, -0.25) is 0 Å². The molecule has 0 bridgehead atoms. The number of hydrogen-bond donors (Lipinski definition) is 0. The van der Waals surface area contributed by atoms with E-state index in [-0.39, 0.29) is 12.4 Å². The molecule has 1 aromatic rings. The van der Waals surface area contributed by atoms with Crippen LogP contribution in [0.15, 0.2) is 24.3 Å². The Labute approximate surface area is 190 Å². The van der Waals surface area contributed by atoms with Gasteiger partial charge in [-0.2, -0.15) is 0 Å². The molecule has 1 fully saturated rings. The Hall–Kier alpha value is -0.261. The zero-order chi connectivity index (χ0) is 21.7. The Kier molecular flexibility index (Phi) is 12.8. The van der Waals surface area contributed by atoms with E-state index in [0.717, 1.165) is 31.6 Å². The van der Waals surface area contributed by atoms with E-state index in [1.165, 1.54) is 51.8 Å². The van der Waals surface area contributed by atoms with E-state index in [9.17, 15) is 0 Å². The average molecular weight is 525 g/mol. The summed E-state index contributed by atoms with van der Waals surface area (Å²) in [7, 11) is 0. The molecule has 1 heterocycles. The summed E-state index contributed by atoms with van der Waals surface area (Å²) in [6.45, 7) is 10.7. The Balaban J connectivity index is 2.09. The molecule has 2 unspecified atom stereocenters. The standard InChI is InChI=1S/C14H19O3.3C4H9.Sn/c1-2-14(16-12-7-4-3-5-8-12)17-13-9-6-10-15-11-13;3*1-3-4-2;/h4-5,7-8,13-14H,2,6,9-11H2,1H3;3*1,3-4H2,2H3;. The second kappa shape index (κ2) is 14.7. The molecule has 2 atom stereocenters. The van der Waals surface area contributed by atoms with Crippen LogP contribution in [-0.4, -0.2) is 44.0 Å². The fourth-order valence-corrected chi connectivity index (χ4v) is 20.6. The third kappa shape index (κ3) is 8.35. The second-order valence-electron chi connectivity index (χ2n) is 9.05. The van der Waals surface area contributed by atoms with Crippen LogP contribution in [0.3, 0.4) is 0 Å². The van der Waals surface area contributed by atoms with E-state index in [4.69, 9.17) is 14.2 Å². The van der Waals surface area contributed by atoms with E-state index in [1.807, 2.05) is 0 Å². The van der Waals surface area contributed by atoms with Crippen LogP contribution in [0.5, 0.6) is 5.75 Å². The summed E-state index contributed by atoms with van der Waals surface area (Å²) in [5, 5.41) is 0. The van der Waals surface area contributed by atoms with Crippen molar-refractivity contribution >= 4 is 22.0 Å². The van der Waals surface area contributed by atoms with Gasteiger partial charge >= 0.3 is 191 Å². The van der Waals surface area contributed by atoms with Gasteiger partial charge in [0, 0.05) is 0 Å². The van der Waals surface area contributed by atoms with Crippen molar-refractivity contribution in [3.05, 3.63) is 24.3 Å². The molecule has 0 saturated carbocycles.